The van der Waals surface area contributed by atoms with Gasteiger partial charge in [0.25, 0.3) is 0 Å². The summed E-state index contributed by atoms with van der Waals surface area (Å²) < 4.78 is 5.06. The fourth-order valence-corrected chi connectivity index (χ4v) is 4.12. The monoisotopic (exact) mass is 558 g/mol. The van der Waals surface area contributed by atoms with Crippen LogP contribution >= 0.6 is 24.0 Å². The largest absolute Gasteiger partial charge is 0.450 e. The first-order valence-corrected chi connectivity index (χ1v) is 11.5. The minimum Gasteiger partial charge on any atom is -0.450 e. The number of guanidine groups is 1. The lowest BCUT2D eigenvalue weighted by molar-refractivity contribution is 0.0963. The van der Waals surface area contributed by atoms with Gasteiger partial charge in [-0.05, 0) is 57.5 Å². The molecule has 0 atom stereocenters. The summed E-state index contributed by atoms with van der Waals surface area (Å²) in [7, 11) is 2.20. The molecule has 2 heterocycles. The number of nitrogens with zero attached hydrogens (tertiary/aromatic N) is 4. The Kier molecular flexibility index (Phi) is 11.5. The Bertz CT molecular complexity index is 722. The zero-order valence-corrected chi connectivity index (χ0v) is 21.8. The van der Waals surface area contributed by atoms with E-state index in [0.29, 0.717) is 32.2 Å². The Morgan fingerprint density at radius 3 is 2.47 bits per heavy atom. The van der Waals surface area contributed by atoms with Crippen molar-refractivity contribution in [1.29, 1.82) is 0 Å². The van der Waals surface area contributed by atoms with E-state index < -0.39 is 0 Å². The topological polar surface area (TPSA) is 86.4 Å². The molecule has 0 radical (unpaired) electrons. The van der Waals surface area contributed by atoms with Crippen LogP contribution < -0.4 is 11.1 Å². The molecule has 1 aromatic carbocycles. The molecule has 2 saturated heterocycles. The SMILES string of the molecule is CCOC(=O)N1CCC(NC(N)=NCc2ccc(CN3CCCN(C)CC3)cc2)CC1.I. The van der Waals surface area contributed by atoms with E-state index >= 15 is 0 Å². The van der Waals surface area contributed by atoms with Crippen molar-refractivity contribution in [3.63, 3.8) is 0 Å². The number of likely N-dealkylation sites (tertiary alicyclic amines) is 1. The van der Waals surface area contributed by atoms with Crippen LogP contribution in [0.2, 0.25) is 0 Å². The third kappa shape index (κ3) is 8.74. The molecular formula is C23H39IN6O2. The first-order chi connectivity index (χ1) is 15.0. The summed E-state index contributed by atoms with van der Waals surface area (Å²) in [6, 6.07) is 8.94. The molecule has 1 amide bonds. The number of ether oxygens (including phenoxy) is 1. The van der Waals surface area contributed by atoms with Gasteiger partial charge >= 0.3 is 6.09 Å². The number of likely N-dealkylation sites (N-methyl/N-ethyl adjacent to an activating group) is 1. The van der Waals surface area contributed by atoms with Gasteiger partial charge in [0.05, 0.1) is 13.2 Å². The van der Waals surface area contributed by atoms with E-state index in [0.717, 1.165) is 44.6 Å². The zero-order valence-electron chi connectivity index (χ0n) is 19.5. The van der Waals surface area contributed by atoms with Crippen molar-refractivity contribution < 1.29 is 9.53 Å². The molecule has 8 nitrogen and oxygen atoms in total. The van der Waals surface area contributed by atoms with Gasteiger partial charge in [-0.1, -0.05) is 24.3 Å². The molecule has 3 rings (SSSR count). The number of rotatable bonds is 6. The van der Waals surface area contributed by atoms with Crippen LogP contribution in [0, 0.1) is 0 Å². The molecule has 3 N–H and O–H groups in total. The lowest BCUT2D eigenvalue weighted by Crippen LogP contribution is -2.48. The number of hydrogen-bond acceptors (Lipinski definition) is 5. The maximum Gasteiger partial charge on any atom is 0.409 e. The molecular weight excluding hydrogens is 519 g/mol. The molecule has 0 aromatic heterocycles. The van der Waals surface area contributed by atoms with E-state index in [9.17, 15) is 4.79 Å². The highest BCUT2D eigenvalue weighted by molar-refractivity contribution is 14.0. The smallest absolute Gasteiger partial charge is 0.409 e. The Hall–Kier alpha value is -1.59. The van der Waals surface area contributed by atoms with Crippen molar-refractivity contribution in [2.75, 3.05) is 52.9 Å². The highest BCUT2D eigenvalue weighted by atomic mass is 127. The molecule has 2 aliphatic rings. The molecule has 1 aromatic rings. The second-order valence-corrected chi connectivity index (χ2v) is 8.56. The van der Waals surface area contributed by atoms with Gasteiger partial charge in [-0.15, -0.1) is 24.0 Å². The van der Waals surface area contributed by atoms with E-state index in [1.54, 1.807) is 4.90 Å². The Morgan fingerprint density at radius 2 is 1.78 bits per heavy atom. The quantitative estimate of drug-likeness (QED) is 0.317. The molecule has 0 spiro atoms. The van der Waals surface area contributed by atoms with Gasteiger partial charge in [-0.2, -0.15) is 0 Å². The summed E-state index contributed by atoms with van der Waals surface area (Å²) in [5, 5.41) is 3.29. The van der Waals surface area contributed by atoms with Gasteiger partial charge < -0.3 is 25.6 Å². The van der Waals surface area contributed by atoms with E-state index in [2.05, 4.69) is 51.4 Å². The summed E-state index contributed by atoms with van der Waals surface area (Å²) >= 11 is 0. The van der Waals surface area contributed by atoms with Crippen LogP contribution in [0.5, 0.6) is 0 Å². The lowest BCUT2D eigenvalue weighted by Gasteiger charge is -2.31. The average Bonchev–Trinajstić information content (AvgIpc) is 2.98. The van der Waals surface area contributed by atoms with Gasteiger partial charge in [0.1, 0.15) is 0 Å². The predicted molar refractivity (Wildman–Crippen MR) is 139 cm³/mol. The van der Waals surface area contributed by atoms with Gasteiger partial charge in [0, 0.05) is 38.8 Å². The normalized spacial score (nSPS) is 19.2. The van der Waals surface area contributed by atoms with Crippen molar-refractivity contribution in [2.45, 2.75) is 45.3 Å². The number of piperidine rings is 1. The number of hydrogen-bond donors (Lipinski definition) is 2. The minimum absolute atomic E-state index is 0. The van der Waals surface area contributed by atoms with Gasteiger partial charge in [-0.3, -0.25) is 4.90 Å². The number of amides is 1. The van der Waals surface area contributed by atoms with Crippen molar-refractivity contribution in [3.8, 4) is 0 Å². The molecule has 0 saturated carbocycles. The molecule has 0 unspecified atom stereocenters. The molecule has 2 fully saturated rings. The van der Waals surface area contributed by atoms with Crippen molar-refractivity contribution in [1.82, 2.24) is 20.0 Å². The van der Waals surface area contributed by atoms with Crippen molar-refractivity contribution in [2.24, 2.45) is 10.7 Å². The van der Waals surface area contributed by atoms with Crippen LogP contribution in [0.25, 0.3) is 0 Å². The van der Waals surface area contributed by atoms with E-state index in [4.69, 9.17) is 10.5 Å². The highest BCUT2D eigenvalue weighted by Crippen LogP contribution is 2.13. The summed E-state index contributed by atoms with van der Waals surface area (Å²) in [6.07, 6.45) is 2.69. The number of nitrogens with one attached hydrogen (secondary N) is 1. The summed E-state index contributed by atoms with van der Waals surface area (Å²) in [4.78, 5) is 23.0. The molecule has 2 aliphatic heterocycles. The molecule has 0 aliphatic carbocycles. The number of carbonyl (C=O) groups excluding carboxylic acids is 1. The number of halogens is 1. The number of carbonyl (C=O) groups is 1. The van der Waals surface area contributed by atoms with Crippen LogP contribution in [-0.2, 0) is 17.8 Å². The summed E-state index contributed by atoms with van der Waals surface area (Å²) in [5.41, 5.74) is 8.60. The van der Waals surface area contributed by atoms with Crippen LogP contribution in [0.4, 0.5) is 4.79 Å². The predicted octanol–water partition coefficient (Wildman–Crippen LogP) is 2.47. The van der Waals surface area contributed by atoms with E-state index in [-0.39, 0.29) is 36.1 Å². The van der Waals surface area contributed by atoms with Gasteiger partial charge in [0.15, 0.2) is 5.96 Å². The minimum atomic E-state index is -0.228. The summed E-state index contributed by atoms with van der Waals surface area (Å²) in [5.74, 6) is 0.465. The third-order valence-corrected chi connectivity index (χ3v) is 6.05. The van der Waals surface area contributed by atoms with E-state index in [1.807, 2.05) is 6.92 Å². The first-order valence-electron chi connectivity index (χ1n) is 11.5. The lowest BCUT2D eigenvalue weighted by atomic mass is 10.1. The first kappa shape index (κ1) is 26.7. The Labute approximate surface area is 209 Å². The molecule has 32 heavy (non-hydrogen) atoms. The molecule has 9 heteroatoms. The summed E-state index contributed by atoms with van der Waals surface area (Å²) in [6.45, 7) is 9.78. The average molecular weight is 559 g/mol. The van der Waals surface area contributed by atoms with Gasteiger partial charge in [-0.25, -0.2) is 9.79 Å². The van der Waals surface area contributed by atoms with Crippen LogP contribution in [0.15, 0.2) is 29.3 Å². The van der Waals surface area contributed by atoms with Crippen LogP contribution in [0.1, 0.15) is 37.3 Å². The molecule has 180 valence electrons. The third-order valence-electron chi connectivity index (χ3n) is 6.05. The maximum atomic E-state index is 11.8. The fraction of sp³-hybridized carbons (Fsp3) is 0.652. The van der Waals surface area contributed by atoms with Gasteiger partial charge in [0.2, 0.25) is 0 Å². The van der Waals surface area contributed by atoms with Crippen molar-refractivity contribution >= 4 is 36.0 Å². The molecule has 0 bridgehead atoms. The second-order valence-electron chi connectivity index (χ2n) is 8.56. The standard InChI is InChI=1S/C23H38N6O2.HI/c1-3-31-23(30)29-13-9-21(10-14-29)26-22(24)25-17-19-5-7-20(8-6-19)18-28-12-4-11-27(2)15-16-28;/h5-8,21H,3-4,9-18H2,1-2H3,(H3,24,25,26);1H. The number of nitrogens with two attached hydrogens (primary N) is 1. The Morgan fingerprint density at radius 1 is 1.09 bits per heavy atom. The van der Waals surface area contributed by atoms with Crippen molar-refractivity contribution in [3.05, 3.63) is 35.4 Å². The maximum absolute atomic E-state index is 11.8. The number of benzene rings is 1. The number of aliphatic imine (C=N–C) groups is 1. The van der Waals surface area contributed by atoms with Crippen LogP contribution in [-0.4, -0.2) is 85.7 Å². The fourth-order valence-electron chi connectivity index (χ4n) is 4.12. The van der Waals surface area contributed by atoms with E-state index in [1.165, 1.54) is 18.5 Å². The second kappa shape index (κ2) is 13.8. The highest BCUT2D eigenvalue weighted by Gasteiger charge is 2.23. The Balaban J connectivity index is 0.00000363. The van der Waals surface area contributed by atoms with Crippen LogP contribution in [0.3, 0.4) is 0 Å². The zero-order chi connectivity index (χ0) is 22.1.